The van der Waals surface area contributed by atoms with E-state index in [1.165, 1.54) is 6.07 Å². The zero-order valence-corrected chi connectivity index (χ0v) is 10.1. The van der Waals surface area contributed by atoms with Crippen molar-refractivity contribution in [2.45, 2.75) is 25.1 Å². The maximum Gasteiger partial charge on any atom is 0.417 e. The minimum Gasteiger partial charge on any atom is -0.476 e. The van der Waals surface area contributed by atoms with Crippen molar-refractivity contribution in [1.29, 1.82) is 0 Å². The van der Waals surface area contributed by atoms with Gasteiger partial charge in [0.05, 0.1) is 5.56 Å². The number of likely N-dealkylation sites (tertiary alicyclic amines) is 1. The number of alkyl halides is 3. The van der Waals surface area contributed by atoms with Crippen molar-refractivity contribution in [3.63, 3.8) is 0 Å². The Labute approximate surface area is 104 Å². The largest absolute Gasteiger partial charge is 0.476 e. The standard InChI is InChI=1S/C12H15F3N2O/c1-17-6-2-3-10(17)8-18-11-5-4-9(7-16-11)12(13,14)15/h4-5,7,10H,2-3,6,8H2,1H3. The van der Waals surface area contributed by atoms with Gasteiger partial charge in [-0.1, -0.05) is 0 Å². The molecule has 1 unspecified atom stereocenters. The van der Waals surface area contributed by atoms with Crippen molar-refractivity contribution >= 4 is 0 Å². The van der Waals surface area contributed by atoms with Gasteiger partial charge >= 0.3 is 6.18 Å². The lowest BCUT2D eigenvalue weighted by Gasteiger charge is -2.19. The van der Waals surface area contributed by atoms with Crippen LogP contribution in [-0.2, 0) is 6.18 Å². The van der Waals surface area contributed by atoms with E-state index in [-0.39, 0.29) is 5.88 Å². The number of hydrogen-bond donors (Lipinski definition) is 0. The zero-order valence-electron chi connectivity index (χ0n) is 10.1. The minimum atomic E-state index is -4.35. The van der Waals surface area contributed by atoms with Crippen LogP contribution in [0.2, 0.25) is 0 Å². The summed E-state index contributed by atoms with van der Waals surface area (Å²) in [7, 11) is 2.02. The molecule has 1 saturated heterocycles. The molecule has 2 rings (SSSR count). The van der Waals surface area contributed by atoms with Gasteiger partial charge in [0, 0.05) is 18.3 Å². The SMILES string of the molecule is CN1CCCC1COc1ccc(C(F)(F)F)cn1. The van der Waals surface area contributed by atoms with E-state index >= 15 is 0 Å². The second-order valence-electron chi connectivity index (χ2n) is 4.47. The molecule has 2 heterocycles. The van der Waals surface area contributed by atoms with Crippen molar-refractivity contribution in [3.8, 4) is 5.88 Å². The Morgan fingerprint density at radius 3 is 2.72 bits per heavy atom. The number of halogens is 3. The second kappa shape index (κ2) is 5.14. The first-order chi connectivity index (χ1) is 8.47. The molecule has 1 fully saturated rings. The van der Waals surface area contributed by atoms with E-state index in [9.17, 15) is 13.2 Å². The molecule has 0 spiro atoms. The average Bonchev–Trinajstić information content (AvgIpc) is 2.72. The van der Waals surface area contributed by atoms with Crippen molar-refractivity contribution in [3.05, 3.63) is 23.9 Å². The van der Waals surface area contributed by atoms with Gasteiger partial charge < -0.3 is 9.64 Å². The molecule has 1 aliphatic rings. The van der Waals surface area contributed by atoms with Crippen LogP contribution in [0.25, 0.3) is 0 Å². The second-order valence-corrected chi connectivity index (χ2v) is 4.47. The third kappa shape index (κ3) is 3.13. The van der Waals surface area contributed by atoms with Gasteiger partial charge in [0.15, 0.2) is 0 Å². The van der Waals surface area contributed by atoms with Crippen LogP contribution < -0.4 is 4.74 Å². The quantitative estimate of drug-likeness (QED) is 0.835. The Kier molecular flexibility index (Phi) is 3.75. The molecule has 1 aromatic heterocycles. The fourth-order valence-corrected chi connectivity index (χ4v) is 2.00. The molecule has 1 atom stereocenters. The summed E-state index contributed by atoms with van der Waals surface area (Å²) in [6.45, 7) is 1.50. The van der Waals surface area contributed by atoms with E-state index in [0.717, 1.165) is 31.6 Å². The average molecular weight is 260 g/mol. The van der Waals surface area contributed by atoms with E-state index in [4.69, 9.17) is 4.74 Å². The molecule has 0 aliphatic carbocycles. The molecule has 1 aliphatic heterocycles. The predicted octanol–water partition coefficient (Wildman–Crippen LogP) is 2.57. The smallest absolute Gasteiger partial charge is 0.417 e. The van der Waals surface area contributed by atoms with Crippen LogP contribution in [0.15, 0.2) is 18.3 Å². The van der Waals surface area contributed by atoms with Gasteiger partial charge in [0.25, 0.3) is 0 Å². The van der Waals surface area contributed by atoms with Crippen molar-refractivity contribution in [2.24, 2.45) is 0 Å². The zero-order chi connectivity index (χ0) is 13.2. The van der Waals surface area contributed by atoms with Crippen molar-refractivity contribution < 1.29 is 17.9 Å². The van der Waals surface area contributed by atoms with E-state index in [0.29, 0.717) is 12.6 Å². The topological polar surface area (TPSA) is 25.4 Å². The molecule has 6 heteroatoms. The molecule has 18 heavy (non-hydrogen) atoms. The van der Waals surface area contributed by atoms with Gasteiger partial charge in [-0.25, -0.2) is 4.98 Å². The number of likely N-dealkylation sites (N-methyl/N-ethyl adjacent to an activating group) is 1. The molecule has 0 amide bonds. The lowest BCUT2D eigenvalue weighted by Crippen LogP contribution is -2.30. The maximum absolute atomic E-state index is 12.3. The molecule has 0 aromatic carbocycles. The molecule has 0 saturated carbocycles. The van der Waals surface area contributed by atoms with Gasteiger partial charge in [-0.05, 0) is 32.5 Å². The van der Waals surface area contributed by atoms with Crippen LogP contribution in [0.1, 0.15) is 18.4 Å². The highest BCUT2D eigenvalue weighted by atomic mass is 19.4. The molecular formula is C12H15F3N2O. The minimum absolute atomic E-state index is 0.239. The Balaban J connectivity index is 1.90. The summed E-state index contributed by atoms with van der Waals surface area (Å²) in [6, 6.07) is 2.58. The number of ether oxygens (including phenoxy) is 1. The lowest BCUT2D eigenvalue weighted by atomic mass is 10.2. The Bertz CT molecular complexity index is 391. The van der Waals surface area contributed by atoms with Gasteiger partial charge in [-0.2, -0.15) is 13.2 Å². The third-order valence-electron chi connectivity index (χ3n) is 3.16. The van der Waals surface area contributed by atoms with Crippen LogP contribution >= 0.6 is 0 Å². The first kappa shape index (κ1) is 13.1. The summed E-state index contributed by atoms with van der Waals surface area (Å²) >= 11 is 0. The Morgan fingerprint density at radius 1 is 1.44 bits per heavy atom. The van der Waals surface area contributed by atoms with Gasteiger partial charge in [-0.15, -0.1) is 0 Å². The highest BCUT2D eigenvalue weighted by Crippen LogP contribution is 2.29. The monoisotopic (exact) mass is 260 g/mol. The van der Waals surface area contributed by atoms with Crippen LogP contribution in [0.5, 0.6) is 5.88 Å². The third-order valence-corrected chi connectivity index (χ3v) is 3.16. The summed E-state index contributed by atoms with van der Waals surface area (Å²) < 4.78 is 42.4. The van der Waals surface area contributed by atoms with E-state index in [2.05, 4.69) is 9.88 Å². The Hall–Kier alpha value is -1.30. The van der Waals surface area contributed by atoms with Crippen LogP contribution in [0, 0.1) is 0 Å². The van der Waals surface area contributed by atoms with E-state index in [1.54, 1.807) is 0 Å². The first-order valence-corrected chi connectivity index (χ1v) is 5.83. The van der Waals surface area contributed by atoms with Gasteiger partial charge in [-0.3, -0.25) is 0 Å². The number of nitrogens with zero attached hydrogens (tertiary/aromatic N) is 2. The fourth-order valence-electron chi connectivity index (χ4n) is 2.00. The number of aromatic nitrogens is 1. The molecule has 0 N–H and O–H groups in total. The normalized spacial score (nSPS) is 21.2. The number of hydrogen-bond acceptors (Lipinski definition) is 3. The molecular weight excluding hydrogens is 245 g/mol. The maximum atomic E-state index is 12.3. The van der Waals surface area contributed by atoms with Crippen LogP contribution in [0.3, 0.4) is 0 Å². The highest BCUT2D eigenvalue weighted by molar-refractivity contribution is 5.20. The fraction of sp³-hybridized carbons (Fsp3) is 0.583. The van der Waals surface area contributed by atoms with Gasteiger partial charge in [0.2, 0.25) is 5.88 Å². The van der Waals surface area contributed by atoms with Crippen molar-refractivity contribution in [1.82, 2.24) is 9.88 Å². The summed E-state index contributed by atoms with van der Waals surface area (Å²) in [5.41, 5.74) is -0.757. The van der Waals surface area contributed by atoms with Crippen molar-refractivity contribution in [2.75, 3.05) is 20.2 Å². The summed E-state index contributed by atoms with van der Waals surface area (Å²) in [5.74, 6) is 0.239. The highest BCUT2D eigenvalue weighted by Gasteiger charge is 2.30. The molecule has 100 valence electrons. The molecule has 3 nitrogen and oxygen atoms in total. The lowest BCUT2D eigenvalue weighted by molar-refractivity contribution is -0.137. The number of pyridine rings is 1. The molecule has 0 radical (unpaired) electrons. The van der Waals surface area contributed by atoms with E-state index in [1.807, 2.05) is 7.05 Å². The summed E-state index contributed by atoms with van der Waals surface area (Å²) in [5, 5.41) is 0. The summed E-state index contributed by atoms with van der Waals surface area (Å²) in [4.78, 5) is 5.86. The molecule has 1 aromatic rings. The number of rotatable bonds is 3. The first-order valence-electron chi connectivity index (χ1n) is 5.83. The van der Waals surface area contributed by atoms with Gasteiger partial charge in [0.1, 0.15) is 6.61 Å². The van der Waals surface area contributed by atoms with E-state index < -0.39 is 11.7 Å². The van der Waals surface area contributed by atoms with Crippen LogP contribution in [0.4, 0.5) is 13.2 Å². The molecule has 0 bridgehead atoms. The summed E-state index contributed by atoms with van der Waals surface area (Å²) in [6.07, 6.45) is -1.37. The predicted molar refractivity (Wildman–Crippen MR) is 60.4 cm³/mol. The van der Waals surface area contributed by atoms with Crippen LogP contribution in [-0.4, -0.2) is 36.1 Å². The Morgan fingerprint density at radius 2 is 2.22 bits per heavy atom.